The van der Waals surface area contributed by atoms with Crippen molar-refractivity contribution >= 4 is 39.9 Å². The van der Waals surface area contributed by atoms with E-state index in [0.717, 1.165) is 52.7 Å². The van der Waals surface area contributed by atoms with Crippen molar-refractivity contribution in [2.45, 2.75) is 19.3 Å². The number of nitrogens with one attached hydrogen (secondary N) is 1. The van der Waals surface area contributed by atoms with E-state index in [1.807, 2.05) is 6.07 Å². The van der Waals surface area contributed by atoms with Crippen molar-refractivity contribution in [3.05, 3.63) is 57.6 Å². The van der Waals surface area contributed by atoms with Crippen molar-refractivity contribution < 1.29 is 13.5 Å². The van der Waals surface area contributed by atoms with Gasteiger partial charge in [0.05, 0.1) is 29.9 Å². The van der Waals surface area contributed by atoms with Crippen molar-refractivity contribution in [2.75, 3.05) is 42.6 Å². The Morgan fingerprint density at radius 3 is 2.50 bits per heavy atom. The zero-order valence-electron chi connectivity index (χ0n) is 20.4. The third kappa shape index (κ3) is 3.85. The van der Waals surface area contributed by atoms with Crippen molar-refractivity contribution in [1.29, 1.82) is 5.41 Å². The van der Waals surface area contributed by atoms with Gasteiger partial charge in [0, 0.05) is 68.7 Å². The smallest absolute Gasteiger partial charge is 0.328 e. The van der Waals surface area contributed by atoms with Gasteiger partial charge in [0.15, 0.2) is 0 Å². The first kappa shape index (κ1) is 24.1. The molecule has 1 fully saturated rings. The van der Waals surface area contributed by atoms with E-state index in [-0.39, 0.29) is 22.4 Å². The monoisotopic (exact) mass is 496 g/mol. The van der Waals surface area contributed by atoms with Crippen LogP contribution in [0, 0.1) is 5.41 Å². The topological polar surface area (TPSA) is 92.5 Å². The minimum Gasteiger partial charge on any atom is -0.404 e. The van der Waals surface area contributed by atoms with Crippen LogP contribution in [-0.2, 0) is 25.3 Å². The molecule has 2 aliphatic heterocycles. The maximum atomic E-state index is 14.2. The number of rotatable bonds is 5. The number of hydrogen-bond acceptors (Lipinski definition) is 6. The Hall–Kier alpha value is -3.66. The highest BCUT2D eigenvalue weighted by molar-refractivity contribution is 6.09. The van der Waals surface area contributed by atoms with Gasteiger partial charge >= 0.3 is 5.69 Å². The second-order valence-electron chi connectivity index (χ2n) is 9.22. The molecule has 0 aliphatic carbocycles. The van der Waals surface area contributed by atoms with Crippen LogP contribution in [0.25, 0.3) is 16.6 Å². The summed E-state index contributed by atoms with van der Waals surface area (Å²) in [5.41, 5.74) is 11.0. The lowest BCUT2D eigenvalue weighted by molar-refractivity contribution is 0.123. The fraction of sp³-hybridized carbons (Fsp3) is 0.385. The lowest BCUT2D eigenvalue weighted by atomic mass is 9.92. The minimum atomic E-state index is -2.72. The quantitative estimate of drug-likeness (QED) is 0.526. The molecule has 5 rings (SSSR count). The van der Waals surface area contributed by atoms with Gasteiger partial charge in [-0.25, -0.2) is 13.6 Å². The highest BCUT2D eigenvalue weighted by Crippen LogP contribution is 2.42. The Bertz CT molecular complexity index is 1420. The standard InChI is InChI=1S/C26H30F2N6O2/c1-31-22-11-18(12-23(24(22)32(2)26(31)35)33-6-8-36-9-7-33)34-5-3-4-16-10-19(17(14-29)15-30)20(25(27)28)13-21(16)34/h10-15,25,29H,3-9,30H2,1-2H3/b17-15+,29-14?. The average molecular weight is 497 g/mol. The number of halogens is 2. The predicted molar refractivity (Wildman–Crippen MR) is 139 cm³/mol. The lowest BCUT2D eigenvalue weighted by Gasteiger charge is -2.35. The van der Waals surface area contributed by atoms with Crippen LogP contribution in [0.1, 0.15) is 29.5 Å². The summed E-state index contributed by atoms with van der Waals surface area (Å²) >= 11 is 0. The van der Waals surface area contributed by atoms with Crippen LogP contribution in [0.15, 0.2) is 35.3 Å². The summed E-state index contributed by atoms with van der Waals surface area (Å²) in [5.74, 6) is 0. The van der Waals surface area contributed by atoms with E-state index in [1.165, 1.54) is 12.3 Å². The van der Waals surface area contributed by atoms with Crippen LogP contribution < -0.4 is 21.2 Å². The van der Waals surface area contributed by atoms with Gasteiger partial charge in [-0.3, -0.25) is 9.13 Å². The second kappa shape index (κ2) is 9.42. The Morgan fingerprint density at radius 1 is 1.08 bits per heavy atom. The first-order valence-electron chi connectivity index (χ1n) is 12.0. The zero-order chi connectivity index (χ0) is 25.6. The molecule has 0 unspecified atom stereocenters. The number of aryl methyl sites for hydroxylation is 3. The van der Waals surface area contributed by atoms with Crippen molar-refractivity contribution in [2.24, 2.45) is 19.8 Å². The first-order chi connectivity index (χ1) is 17.3. The number of ether oxygens (including phenoxy) is 1. The van der Waals surface area contributed by atoms with E-state index < -0.39 is 6.43 Å². The van der Waals surface area contributed by atoms with Gasteiger partial charge in [0.25, 0.3) is 6.43 Å². The van der Waals surface area contributed by atoms with Gasteiger partial charge in [-0.1, -0.05) is 0 Å². The molecule has 2 aliphatic rings. The summed E-state index contributed by atoms with van der Waals surface area (Å²) in [6.07, 6.45) is 1.06. The normalized spacial score (nSPS) is 16.6. The molecule has 0 radical (unpaired) electrons. The minimum absolute atomic E-state index is 0.118. The van der Waals surface area contributed by atoms with E-state index in [4.69, 9.17) is 15.9 Å². The highest BCUT2D eigenvalue weighted by Gasteiger charge is 2.27. The Balaban J connectivity index is 1.71. The maximum Gasteiger partial charge on any atom is 0.328 e. The third-order valence-electron chi connectivity index (χ3n) is 7.24. The molecule has 3 N–H and O–H groups in total. The van der Waals surface area contributed by atoms with Crippen LogP contribution in [0.3, 0.4) is 0 Å². The number of anilines is 3. The molecule has 1 saturated heterocycles. The summed E-state index contributed by atoms with van der Waals surface area (Å²) < 4.78 is 37.1. The Kier molecular flexibility index (Phi) is 6.29. The van der Waals surface area contributed by atoms with Crippen molar-refractivity contribution in [3.63, 3.8) is 0 Å². The molecule has 0 atom stereocenters. The number of benzene rings is 2. The summed E-state index contributed by atoms with van der Waals surface area (Å²) in [7, 11) is 3.52. The Labute approximate surface area is 207 Å². The molecular formula is C26H30F2N6O2. The summed E-state index contributed by atoms with van der Waals surface area (Å²) in [4.78, 5) is 17.1. The van der Waals surface area contributed by atoms with E-state index >= 15 is 0 Å². The molecule has 1 aromatic heterocycles. The molecule has 3 heterocycles. The van der Waals surface area contributed by atoms with Gasteiger partial charge in [0.1, 0.15) is 0 Å². The van der Waals surface area contributed by atoms with Crippen LogP contribution in [-0.4, -0.2) is 48.2 Å². The van der Waals surface area contributed by atoms with Gasteiger partial charge in [-0.15, -0.1) is 0 Å². The van der Waals surface area contributed by atoms with Crippen LogP contribution in [0.5, 0.6) is 0 Å². The molecule has 8 nitrogen and oxygen atoms in total. The fourth-order valence-electron chi connectivity index (χ4n) is 5.38. The third-order valence-corrected chi connectivity index (χ3v) is 7.24. The number of allylic oxidation sites excluding steroid dienone is 1. The number of nitrogens with zero attached hydrogens (tertiary/aromatic N) is 4. The summed E-state index contributed by atoms with van der Waals surface area (Å²) in [5, 5.41) is 7.61. The van der Waals surface area contributed by atoms with Gasteiger partial charge in [0.2, 0.25) is 0 Å². The van der Waals surface area contributed by atoms with Crippen molar-refractivity contribution in [1.82, 2.24) is 9.13 Å². The second-order valence-corrected chi connectivity index (χ2v) is 9.22. The fourth-order valence-corrected chi connectivity index (χ4v) is 5.38. The lowest BCUT2D eigenvalue weighted by Crippen LogP contribution is -2.36. The predicted octanol–water partition coefficient (Wildman–Crippen LogP) is 3.68. The number of hydrogen-bond donors (Lipinski definition) is 2. The molecule has 190 valence electrons. The summed E-state index contributed by atoms with van der Waals surface area (Å²) in [6.45, 7) is 3.27. The Morgan fingerprint density at radius 2 is 1.83 bits per heavy atom. The number of fused-ring (bicyclic) bond motifs is 2. The molecule has 36 heavy (non-hydrogen) atoms. The largest absolute Gasteiger partial charge is 0.404 e. The average Bonchev–Trinajstić information content (AvgIpc) is 3.12. The highest BCUT2D eigenvalue weighted by atomic mass is 19.3. The van der Waals surface area contributed by atoms with Gasteiger partial charge < -0.3 is 25.7 Å². The van der Waals surface area contributed by atoms with E-state index in [9.17, 15) is 13.6 Å². The number of aromatic nitrogens is 2. The van der Waals surface area contributed by atoms with Crippen molar-refractivity contribution in [3.8, 4) is 0 Å². The molecule has 0 spiro atoms. The molecule has 0 saturated carbocycles. The molecule has 0 amide bonds. The SMILES string of the molecule is Cn1c(=O)n(C)c2c(N3CCOCC3)cc(N3CCCc4cc(/C(C=N)=C/N)c(C(F)F)cc43)cc21. The van der Waals surface area contributed by atoms with Gasteiger partial charge in [-0.2, -0.15) is 0 Å². The molecular weight excluding hydrogens is 466 g/mol. The molecule has 2 aromatic carbocycles. The molecule has 3 aromatic rings. The first-order valence-corrected chi connectivity index (χ1v) is 12.0. The van der Waals surface area contributed by atoms with Gasteiger partial charge in [-0.05, 0) is 48.2 Å². The number of imidazole rings is 1. The van der Waals surface area contributed by atoms with E-state index in [1.54, 1.807) is 29.3 Å². The summed E-state index contributed by atoms with van der Waals surface area (Å²) in [6, 6.07) is 7.30. The van der Waals surface area contributed by atoms with E-state index in [2.05, 4.69) is 15.9 Å². The van der Waals surface area contributed by atoms with Crippen LogP contribution in [0.2, 0.25) is 0 Å². The number of morpholine rings is 1. The van der Waals surface area contributed by atoms with E-state index in [0.29, 0.717) is 32.8 Å². The molecule has 10 heteroatoms. The van der Waals surface area contributed by atoms with Crippen LogP contribution >= 0.6 is 0 Å². The zero-order valence-corrected chi connectivity index (χ0v) is 20.4. The number of nitrogens with two attached hydrogens (primary N) is 1. The number of alkyl halides is 2. The molecule has 0 bridgehead atoms. The maximum absolute atomic E-state index is 14.2. The van der Waals surface area contributed by atoms with Crippen LogP contribution in [0.4, 0.5) is 25.8 Å².